The van der Waals surface area contributed by atoms with Crippen molar-refractivity contribution in [3.63, 3.8) is 0 Å². The first-order chi connectivity index (χ1) is 7.61. The third-order valence-corrected chi connectivity index (χ3v) is 3.44. The van der Waals surface area contributed by atoms with Gasteiger partial charge in [0.2, 0.25) is 0 Å². The number of phenolic OH excluding ortho intramolecular Hbond substituents is 1. The Labute approximate surface area is 108 Å². The minimum atomic E-state index is 0.0233. The third-order valence-electron chi connectivity index (χ3n) is 2.22. The highest BCUT2D eigenvalue weighted by Gasteiger charge is 2.11. The van der Waals surface area contributed by atoms with E-state index >= 15 is 0 Å². The summed E-state index contributed by atoms with van der Waals surface area (Å²) in [5.41, 5.74) is 1.37. The van der Waals surface area contributed by atoms with Crippen LogP contribution >= 0.6 is 34.8 Å². The van der Waals surface area contributed by atoms with Crippen LogP contribution in [0, 0.1) is 0 Å². The van der Waals surface area contributed by atoms with Crippen LogP contribution in [0.5, 0.6) is 5.75 Å². The van der Waals surface area contributed by atoms with Crippen LogP contribution in [0.25, 0.3) is 11.1 Å². The number of hydrogen-bond donors (Lipinski definition) is 1. The Kier molecular flexibility index (Phi) is 3.29. The molecule has 82 valence electrons. The van der Waals surface area contributed by atoms with Crippen LogP contribution < -0.4 is 0 Å². The summed E-state index contributed by atoms with van der Waals surface area (Å²) in [7, 11) is 0. The number of aromatic hydroxyl groups is 1. The molecule has 0 saturated heterocycles. The maximum absolute atomic E-state index is 9.51. The summed E-state index contributed by atoms with van der Waals surface area (Å²) in [5, 5.41) is 10.7. The molecule has 0 aromatic heterocycles. The van der Waals surface area contributed by atoms with Crippen LogP contribution in [-0.2, 0) is 0 Å². The van der Waals surface area contributed by atoms with E-state index in [1.54, 1.807) is 30.3 Å². The summed E-state index contributed by atoms with van der Waals surface area (Å²) < 4.78 is 0. The van der Waals surface area contributed by atoms with Crippen molar-refractivity contribution in [3.8, 4) is 16.9 Å². The van der Waals surface area contributed by atoms with E-state index in [1.807, 2.05) is 0 Å². The fourth-order valence-corrected chi connectivity index (χ4v) is 2.07. The lowest BCUT2D eigenvalue weighted by atomic mass is 10.1. The maximum atomic E-state index is 9.51. The highest BCUT2D eigenvalue weighted by atomic mass is 35.5. The van der Waals surface area contributed by atoms with Crippen LogP contribution in [0.3, 0.4) is 0 Å². The zero-order valence-corrected chi connectivity index (χ0v) is 10.3. The van der Waals surface area contributed by atoms with E-state index in [1.165, 1.54) is 6.07 Å². The molecular formula is C12H7Cl3O. The van der Waals surface area contributed by atoms with Crippen molar-refractivity contribution in [3.05, 3.63) is 51.5 Å². The van der Waals surface area contributed by atoms with Crippen molar-refractivity contribution < 1.29 is 5.11 Å². The molecule has 4 heteroatoms. The Morgan fingerprint density at radius 2 is 1.31 bits per heavy atom. The van der Waals surface area contributed by atoms with Crippen molar-refractivity contribution >= 4 is 34.8 Å². The van der Waals surface area contributed by atoms with Crippen LogP contribution in [0.2, 0.25) is 15.1 Å². The molecule has 0 aliphatic carbocycles. The van der Waals surface area contributed by atoms with Crippen molar-refractivity contribution in [2.75, 3.05) is 0 Å². The summed E-state index contributed by atoms with van der Waals surface area (Å²) >= 11 is 18.0. The molecule has 2 aromatic rings. The minimum Gasteiger partial charge on any atom is -0.506 e. The molecule has 0 unspecified atom stereocenters. The molecule has 0 radical (unpaired) electrons. The first-order valence-corrected chi connectivity index (χ1v) is 5.66. The molecule has 0 heterocycles. The SMILES string of the molecule is Oc1cccc(-c2cccc(Cl)c2Cl)c1Cl. The number of benzene rings is 2. The van der Waals surface area contributed by atoms with E-state index < -0.39 is 0 Å². The molecule has 0 bridgehead atoms. The van der Waals surface area contributed by atoms with Crippen molar-refractivity contribution in [2.24, 2.45) is 0 Å². The minimum absolute atomic E-state index is 0.0233. The Balaban J connectivity index is 2.68. The van der Waals surface area contributed by atoms with Crippen molar-refractivity contribution in [2.45, 2.75) is 0 Å². The van der Waals surface area contributed by atoms with Gasteiger partial charge in [-0.3, -0.25) is 0 Å². The van der Waals surface area contributed by atoms with Gasteiger partial charge in [0, 0.05) is 11.1 Å². The molecule has 0 fully saturated rings. The van der Waals surface area contributed by atoms with Gasteiger partial charge < -0.3 is 5.11 Å². The van der Waals surface area contributed by atoms with Gasteiger partial charge in [-0.1, -0.05) is 59.1 Å². The van der Waals surface area contributed by atoms with E-state index in [2.05, 4.69) is 0 Å². The predicted molar refractivity (Wildman–Crippen MR) is 68.6 cm³/mol. The fourth-order valence-electron chi connectivity index (χ4n) is 1.44. The van der Waals surface area contributed by atoms with Gasteiger partial charge in [0.1, 0.15) is 5.75 Å². The lowest BCUT2D eigenvalue weighted by molar-refractivity contribution is 0.476. The lowest BCUT2D eigenvalue weighted by Gasteiger charge is -2.08. The van der Waals surface area contributed by atoms with Crippen LogP contribution in [0.15, 0.2) is 36.4 Å². The Hall–Kier alpha value is -0.890. The zero-order chi connectivity index (χ0) is 11.7. The number of halogens is 3. The van der Waals surface area contributed by atoms with Gasteiger partial charge in [-0.05, 0) is 12.1 Å². The average molecular weight is 274 g/mol. The largest absolute Gasteiger partial charge is 0.506 e. The molecule has 1 N–H and O–H groups in total. The Morgan fingerprint density at radius 3 is 2.00 bits per heavy atom. The normalized spacial score (nSPS) is 10.4. The summed E-state index contributed by atoms with van der Waals surface area (Å²) in [6, 6.07) is 10.3. The standard InChI is InChI=1S/C12H7Cl3O/c13-9-5-1-3-7(11(9)14)8-4-2-6-10(16)12(8)15/h1-6,16H. The van der Waals surface area contributed by atoms with Crippen molar-refractivity contribution in [1.29, 1.82) is 0 Å². The lowest BCUT2D eigenvalue weighted by Crippen LogP contribution is -1.82. The van der Waals surface area contributed by atoms with Gasteiger partial charge in [-0.15, -0.1) is 0 Å². The second kappa shape index (κ2) is 4.54. The van der Waals surface area contributed by atoms with E-state index in [9.17, 15) is 5.11 Å². The molecule has 0 atom stereocenters. The summed E-state index contributed by atoms with van der Waals surface area (Å²) in [6.07, 6.45) is 0. The van der Waals surface area contributed by atoms with Gasteiger partial charge >= 0.3 is 0 Å². The fraction of sp³-hybridized carbons (Fsp3) is 0. The molecule has 2 rings (SSSR count). The molecule has 0 spiro atoms. The molecule has 0 saturated carbocycles. The van der Waals surface area contributed by atoms with Crippen LogP contribution in [0.1, 0.15) is 0 Å². The smallest absolute Gasteiger partial charge is 0.134 e. The van der Waals surface area contributed by atoms with Gasteiger partial charge in [-0.2, -0.15) is 0 Å². The van der Waals surface area contributed by atoms with Crippen molar-refractivity contribution in [1.82, 2.24) is 0 Å². The quantitative estimate of drug-likeness (QED) is 0.773. The zero-order valence-electron chi connectivity index (χ0n) is 8.05. The van der Waals surface area contributed by atoms with E-state index in [4.69, 9.17) is 34.8 Å². The Morgan fingerprint density at radius 1 is 0.750 bits per heavy atom. The molecule has 1 nitrogen and oxygen atoms in total. The first-order valence-electron chi connectivity index (χ1n) is 4.53. The number of phenols is 1. The van der Waals surface area contributed by atoms with Gasteiger partial charge in [-0.25, -0.2) is 0 Å². The van der Waals surface area contributed by atoms with Gasteiger partial charge in [0.15, 0.2) is 0 Å². The Bertz CT molecular complexity index is 488. The summed E-state index contributed by atoms with van der Waals surface area (Å²) in [4.78, 5) is 0. The van der Waals surface area contributed by atoms with E-state index in [0.29, 0.717) is 21.2 Å². The number of rotatable bonds is 1. The topological polar surface area (TPSA) is 20.2 Å². The first kappa shape index (κ1) is 11.6. The number of hydrogen-bond acceptors (Lipinski definition) is 1. The molecule has 0 aliphatic rings. The molecule has 0 aliphatic heterocycles. The molecule has 0 amide bonds. The van der Waals surface area contributed by atoms with Crippen LogP contribution in [0.4, 0.5) is 0 Å². The van der Waals surface area contributed by atoms with E-state index in [-0.39, 0.29) is 10.8 Å². The monoisotopic (exact) mass is 272 g/mol. The second-order valence-corrected chi connectivity index (χ2v) is 4.40. The van der Waals surface area contributed by atoms with E-state index in [0.717, 1.165) is 0 Å². The molecule has 16 heavy (non-hydrogen) atoms. The summed E-state index contributed by atoms with van der Waals surface area (Å²) in [6.45, 7) is 0. The average Bonchev–Trinajstić information content (AvgIpc) is 2.27. The maximum Gasteiger partial charge on any atom is 0.134 e. The molecule has 2 aromatic carbocycles. The highest BCUT2D eigenvalue weighted by molar-refractivity contribution is 6.44. The highest BCUT2D eigenvalue weighted by Crippen LogP contribution is 2.39. The second-order valence-electron chi connectivity index (χ2n) is 3.24. The van der Waals surface area contributed by atoms with Gasteiger partial charge in [0.05, 0.1) is 15.1 Å². The summed E-state index contributed by atoms with van der Waals surface area (Å²) in [5.74, 6) is 0.0233. The van der Waals surface area contributed by atoms with Crippen LogP contribution in [-0.4, -0.2) is 5.11 Å². The predicted octanol–water partition coefficient (Wildman–Crippen LogP) is 5.02. The molecular weight excluding hydrogens is 266 g/mol. The third kappa shape index (κ3) is 1.99. The van der Waals surface area contributed by atoms with Gasteiger partial charge in [0.25, 0.3) is 0 Å².